The zero-order chi connectivity index (χ0) is 17.4. The van der Waals surface area contributed by atoms with Crippen LogP contribution >= 0.6 is 0 Å². The topological polar surface area (TPSA) is 108 Å². The van der Waals surface area contributed by atoms with Gasteiger partial charge in [-0.25, -0.2) is 24.3 Å². The van der Waals surface area contributed by atoms with Crippen molar-refractivity contribution in [1.29, 1.82) is 0 Å². The average Bonchev–Trinajstić information content (AvgIpc) is 3.31. The van der Waals surface area contributed by atoms with Crippen molar-refractivity contribution in [1.82, 2.24) is 15.4 Å². The molecule has 1 aliphatic carbocycles. The van der Waals surface area contributed by atoms with E-state index >= 15 is 0 Å². The summed E-state index contributed by atoms with van der Waals surface area (Å²) in [4.78, 5) is 46.0. The number of rotatable bonds is 7. The molecule has 0 aromatic heterocycles. The summed E-state index contributed by atoms with van der Waals surface area (Å²) < 4.78 is 13.3. The fraction of sp³-hybridized carbons (Fsp3) is 0.643. The molecule has 3 atom stereocenters. The summed E-state index contributed by atoms with van der Waals surface area (Å²) in [6.07, 6.45) is 1.08. The fourth-order valence-corrected chi connectivity index (χ4v) is 2.79. The van der Waals surface area contributed by atoms with Crippen LogP contribution in [-0.4, -0.2) is 64.6 Å². The molecule has 3 rings (SSSR count). The Labute approximate surface area is 156 Å². The second kappa shape index (κ2) is 7.74. The number of carboxylic acid groups (broad SMARTS) is 1. The zero-order valence-electron chi connectivity index (χ0n) is 15.0. The van der Waals surface area contributed by atoms with Gasteiger partial charge in [0.2, 0.25) is 0 Å². The van der Waals surface area contributed by atoms with E-state index in [9.17, 15) is 18.8 Å². The van der Waals surface area contributed by atoms with Crippen molar-refractivity contribution in [3.63, 3.8) is 0 Å². The number of carbonyl (C=O) groups is 3. The van der Waals surface area contributed by atoms with E-state index in [1.165, 1.54) is 4.90 Å². The molecule has 1 saturated heterocycles. The van der Waals surface area contributed by atoms with Crippen molar-refractivity contribution in [2.75, 3.05) is 13.2 Å². The number of carbonyl (C=O) groups excluding carboxylic acids is 2. The number of hydrogen-bond acceptors (Lipinski definition) is 5. The number of carboxylic acids is 1. The molecule has 2 N–H and O–H groups in total. The van der Waals surface area contributed by atoms with E-state index < -0.39 is 36.3 Å². The van der Waals surface area contributed by atoms with Gasteiger partial charge < -0.3 is 11.4 Å². The molecule has 0 radical (unpaired) electrons. The minimum absolute atomic E-state index is 0. The van der Waals surface area contributed by atoms with E-state index in [4.69, 9.17) is 9.94 Å². The van der Waals surface area contributed by atoms with Crippen LogP contribution in [0.4, 0.5) is 9.18 Å². The van der Waals surface area contributed by atoms with Crippen LogP contribution in [0.15, 0.2) is 11.6 Å². The number of hydroxylamine groups is 3. The smallest absolute Gasteiger partial charge is 1.00 e. The molecule has 3 aliphatic rings. The van der Waals surface area contributed by atoms with Crippen molar-refractivity contribution < 1.29 is 53.8 Å². The van der Waals surface area contributed by atoms with E-state index in [0.29, 0.717) is 23.2 Å². The van der Waals surface area contributed by atoms with Crippen molar-refractivity contribution in [2.45, 2.75) is 38.2 Å². The summed E-state index contributed by atoms with van der Waals surface area (Å²) in [6, 6.07) is -2.31. The SMILES string of the molecule is CC1=C[C@@H]2CN(C(=O)N2O[C@@H](F)C(=O)O)[C@@H]1C(=O)NOCC1CC1.[H-].[Li+]. The summed E-state index contributed by atoms with van der Waals surface area (Å²) in [6.45, 7) is 2.18. The van der Waals surface area contributed by atoms with Crippen LogP contribution in [0.3, 0.4) is 0 Å². The van der Waals surface area contributed by atoms with Gasteiger partial charge in [0.25, 0.3) is 5.91 Å². The Bertz CT molecular complexity index is 605. The first-order valence-electron chi connectivity index (χ1n) is 7.62. The second-order valence-electron chi connectivity index (χ2n) is 6.12. The van der Waals surface area contributed by atoms with Gasteiger partial charge in [0.1, 0.15) is 6.04 Å². The Balaban J connectivity index is 0.00000169. The summed E-state index contributed by atoms with van der Waals surface area (Å²) in [7, 11) is 0. The van der Waals surface area contributed by atoms with Gasteiger partial charge >= 0.3 is 37.2 Å². The van der Waals surface area contributed by atoms with Gasteiger partial charge in [-0.1, -0.05) is 6.08 Å². The minimum atomic E-state index is -2.66. The Kier molecular flexibility index (Phi) is 6.11. The van der Waals surface area contributed by atoms with Gasteiger partial charge in [-0.2, -0.15) is 5.06 Å². The van der Waals surface area contributed by atoms with Gasteiger partial charge in [-0.3, -0.25) is 9.63 Å². The number of amides is 3. The summed E-state index contributed by atoms with van der Waals surface area (Å²) in [5, 5.41) is 9.21. The van der Waals surface area contributed by atoms with Crippen molar-refractivity contribution in [2.24, 2.45) is 5.92 Å². The van der Waals surface area contributed by atoms with Crippen LogP contribution in [0.25, 0.3) is 0 Å². The molecule has 0 aromatic rings. The summed E-state index contributed by atoms with van der Waals surface area (Å²) >= 11 is 0. The Morgan fingerprint density at radius 1 is 1.52 bits per heavy atom. The number of nitrogens with one attached hydrogen (secondary N) is 1. The third-order valence-corrected chi connectivity index (χ3v) is 4.15. The molecule has 2 heterocycles. The molecule has 134 valence electrons. The van der Waals surface area contributed by atoms with Crippen LogP contribution in [-0.2, 0) is 19.3 Å². The molecular weight excluding hydrogens is 332 g/mol. The second-order valence-corrected chi connectivity index (χ2v) is 6.12. The minimum Gasteiger partial charge on any atom is -1.00 e. The Morgan fingerprint density at radius 2 is 2.20 bits per heavy atom. The fourth-order valence-electron chi connectivity index (χ4n) is 2.79. The molecule has 0 spiro atoms. The molecule has 0 unspecified atom stereocenters. The van der Waals surface area contributed by atoms with Crippen molar-refractivity contribution in [3.8, 4) is 0 Å². The van der Waals surface area contributed by atoms with E-state index in [1.54, 1.807) is 13.0 Å². The molecule has 1 saturated carbocycles. The first-order valence-corrected chi connectivity index (χ1v) is 7.62. The summed E-state index contributed by atoms with van der Waals surface area (Å²) in [5.74, 6) is -1.87. The largest absolute Gasteiger partial charge is 1.00 e. The maximum atomic E-state index is 13.3. The van der Waals surface area contributed by atoms with Crippen LogP contribution in [0.2, 0.25) is 0 Å². The number of alkyl halides is 1. The van der Waals surface area contributed by atoms with Gasteiger partial charge in [0.05, 0.1) is 19.2 Å². The quantitative estimate of drug-likeness (QED) is 0.294. The first-order chi connectivity index (χ1) is 11.4. The van der Waals surface area contributed by atoms with Gasteiger partial charge in [0.15, 0.2) is 0 Å². The van der Waals surface area contributed by atoms with Gasteiger partial charge in [0, 0.05) is 0 Å². The Morgan fingerprint density at radius 3 is 2.80 bits per heavy atom. The third kappa shape index (κ3) is 4.15. The van der Waals surface area contributed by atoms with Crippen molar-refractivity contribution in [3.05, 3.63) is 11.6 Å². The van der Waals surface area contributed by atoms with Gasteiger partial charge in [-0.05, 0) is 31.3 Å². The molecule has 2 aliphatic heterocycles. The molecular formula is C14H19FLiN3O6. The number of nitrogens with zero attached hydrogens (tertiary/aromatic N) is 2. The number of aliphatic carboxylic acids is 1. The van der Waals surface area contributed by atoms with Crippen LogP contribution in [0, 0.1) is 5.92 Å². The normalized spacial score (nSPS) is 26.0. The van der Waals surface area contributed by atoms with Crippen LogP contribution < -0.4 is 24.3 Å². The molecule has 9 nitrogen and oxygen atoms in total. The van der Waals surface area contributed by atoms with Gasteiger partial charge in [-0.15, -0.1) is 0 Å². The standard InChI is InChI=1S/C14H18FN3O6.Li.H/c1-7-4-9-5-17(14(22)18(9)24-11(15)13(20)21)10(7)12(19)16-23-6-8-2-3-8;;/h4,8-11H,2-3,5-6H2,1H3,(H,16,19)(H,20,21);;/q;+1;-1/t9-,10+,11-;;/m1../s1. The average molecular weight is 351 g/mol. The monoisotopic (exact) mass is 351 g/mol. The predicted molar refractivity (Wildman–Crippen MR) is 76.8 cm³/mol. The van der Waals surface area contributed by atoms with Crippen LogP contribution in [0.5, 0.6) is 0 Å². The van der Waals surface area contributed by atoms with Crippen molar-refractivity contribution >= 4 is 17.9 Å². The number of fused-ring (bicyclic) bond motifs is 2. The number of hydrogen-bond donors (Lipinski definition) is 2. The van der Waals surface area contributed by atoms with E-state index in [2.05, 4.69) is 10.3 Å². The number of halogens is 1. The zero-order valence-corrected chi connectivity index (χ0v) is 14.0. The summed E-state index contributed by atoms with van der Waals surface area (Å²) in [5.41, 5.74) is 2.90. The molecule has 2 bridgehead atoms. The van der Waals surface area contributed by atoms with E-state index in [1.807, 2.05) is 0 Å². The molecule has 3 amide bonds. The number of urea groups is 1. The molecule has 0 aromatic carbocycles. The molecule has 25 heavy (non-hydrogen) atoms. The molecule has 11 heteroatoms. The molecule has 2 fully saturated rings. The van der Waals surface area contributed by atoms with E-state index in [0.717, 1.165) is 12.8 Å². The maximum Gasteiger partial charge on any atom is 1.00 e. The Hall–Kier alpha value is -1.60. The maximum absolute atomic E-state index is 13.3. The van der Waals surface area contributed by atoms with E-state index in [-0.39, 0.29) is 26.8 Å². The van der Waals surface area contributed by atoms with Crippen LogP contribution in [0.1, 0.15) is 21.2 Å². The first kappa shape index (κ1) is 19.7. The predicted octanol–water partition coefficient (Wildman–Crippen LogP) is -2.69. The third-order valence-electron chi connectivity index (χ3n) is 4.15.